The molecule has 0 aliphatic heterocycles. The van der Waals surface area contributed by atoms with Crippen LogP contribution in [0.25, 0.3) is 0 Å². The van der Waals surface area contributed by atoms with E-state index in [1.54, 1.807) is 0 Å². The largest absolute Gasteiger partial charge is 0.253 e. The van der Waals surface area contributed by atoms with E-state index in [2.05, 4.69) is 0 Å². The molecule has 0 saturated carbocycles. The van der Waals surface area contributed by atoms with Crippen LogP contribution in [0.1, 0.15) is 0 Å². The summed E-state index contributed by atoms with van der Waals surface area (Å²) in [5, 5.41) is 0. The Morgan fingerprint density at radius 2 is 0.188 bits per heavy atom. The minimum atomic E-state index is -4.14. The third kappa shape index (κ3) is 33.7. The zero-order valence-corrected chi connectivity index (χ0v) is 68.3. The molecule has 0 N–H and O–H groups in total. The highest BCUT2D eigenvalue weighted by Crippen LogP contribution is 2.54. The standard InChI is InChI=1S/B116P/c1-60-90(61(2)3)105(91(62(4)5)63(6)7)112(104(88(56)57)89(58)59)116(113(106(92(64(8)9)65(10)11)93(66(12)13)67(14)15)107(94(68(16)17)69(18)19)95(70(20)21)71(22)23)117(114(108(96(72(24)25)73(26)27)97(74(28)29)75(30)31)109(98(76(32)33)77(34)35)99(78(36)37)79(38)39)115(110(100(80(40)41)81(42)43)101(82(44)45)83(46)47)111(102(84(48)49)85(50)51)103(86(52)53)87(54)55. The Labute approximate surface area is 819 Å². The second-order valence-corrected chi connectivity index (χ2v) is 35.4. The summed E-state index contributed by atoms with van der Waals surface area (Å²) >= 11 is 0. The van der Waals surface area contributed by atoms with Crippen LogP contribution in [0.2, 0.25) is 0 Å². The second-order valence-electron chi connectivity index (χ2n) is 32.7. The first-order valence-electron chi connectivity index (χ1n) is 38.4. The highest BCUT2D eigenvalue weighted by Gasteiger charge is 2.70. The van der Waals surface area contributed by atoms with Gasteiger partial charge >= 0.3 is 0 Å². The lowest BCUT2D eigenvalue weighted by atomic mass is 8.28. The van der Waals surface area contributed by atoms with E-state index < -0.39 is 365 Å². The minimum absolute atomic E-state index is 0.978. The molecule has 0 unspecified atom stereocenters. The van der Waals surface area contributed by atoms with E-state index >= 15 is 0 Å². The van der Waals surface area contributed by atoms with Gasteiger partial charge in [0.15, 0.2) is 0 Å². The van der Waals surface area contributed by atoms with Crippen molar-refractivity contribution < 1.29 is 0 Å². The van der Waals surface area contributed by atoms with Crippen LogP contribution in [-0.4, -0.2) is 821 Å². The molecule has 0 bridgehead atoms. The average molecular weight is 1290 g/mol. The number of hydrogen-bond donors (Lipinski definition) is 0. The van der Waals surface area contributed by atoms with Crippen molar-refractivity contribution in [3.05, 3.63) is 0 Å². The fraction of sp³-hybridized carbons (Fsp3) is 0. The maximum atomic E-state index is 7.52. The van der Waals surface area contributed by atoms with Gasteiger partial charge in [0.05, 0.1) is 18.6 Å². The van der Waals surface area contributed by atoms with Gasteiger partial charge in [0.25, 0.3) is 0 Å². The lowest BCUT2D eigenvalue weighted by molar-refractivity contribution is 3.18. The fourth-order valence-corrected chi connectivity index (χ4v) is 26.4. The Morgan fingerprint density at radius 3 is 0.282 bits per heavy atom. The molecule has 0 aromatic rings. The summed E-state index contributed by atoms with van der Waals surface area (Å²) in [4.78, 5) is 0. The molecule has 0 aromatic heterocycles. The molecule has 0 atom stereocenters. The first kappa shape index (κ1) is 125. The lowest BCUT2D eigenvalue weighted by Gasteiger charge is -2.65. The molecule has 0 amide bonds. The van der Waals surface area contributed by atoms with Crippen LogP contribution >= 0.6 is 7.56 Å². The Hall–Kier alpha value is 7.96. The van der Waals surface area contributed by atoms with Crippen LogP contribution in [0.4, 0.5) is 0 Å². The maximum absolute atomic E-state index is 7.52. The molecule has 0 saturated heterocycles. The minimum Gasteiger partial charge on any atom is -0.253 e. The highest BCUT2D eigenvalue weighted by molar-refractivity contribution is 8.65. The maximum Gasteiger partial charge on any atom is 0.0527 e. The van der Waals surface area contributed by atoms with E-state index in [4.69, 9.17) is 456 Å². The van der Waals surface area contributed by atoms with Crippen molar-refractivity contribution in [3.63, 3.8) is 0 Å². The van der Waals surface area contributed by atoms with E-state index in [1.807, 2.05) is 0 Å². The molecule has 0 aromatic carbocycles. The van der Waals surface area contributed by atoms with Gasteiger partial charge < -0.3 is 0 Å². The van der Waals surface area contributed by atoms with E-state index in [0.717, 1.165) is 7.06 Å². The second kappa shape index (κ2) is 57.9. The van der Waals surface area contributed by atoms with E-state index in [1.165, 1.54) is 0 Å². The third-order valence-corrected chi connectivity index (χ3v) is 28.6. The van der Waals surface area contributed by atoms with Crippen molar-refractivity contribution in [2.45, 2.75) is 0 Å². The van der Waals surface area contributed by atoms with Gasteiger partial charge in [-0.3, -0.25) is 7.56 Å². The van der Waals surface area contributed by atoms with Crippen LogP contribution in [0.3, 0.4) is 0 Å². The molecular formula is B116P. The van der Waals surface area contributed by atoms with Crippen LogP contribution in [-0.2, 0) is 0 Å². The Kier molecular flexibility index (Phi) is 61.8. The average Bonchev–Trinajstić information content (AvgIpc) is 0.701. The first-order valence-corrected chi connectivity index (χ1v) is 40.0. The first-order chi connectivity index (χ1) is 53.3. The van der Waals surface area contributed by atoms with E-state index in [-0.39, 0.29) is 0 Å². The Morgan fingerprint density at radius 1 is 0.103 bits per heavy atom. The number of hydrogen-bond acceptors (Lipinski definition) is 0. The number of rotatable bonds is 57. The summed E-state index contributed by atoms with van der Waals surface area (Å²) in [7, 11) is 428. The highest BCUT2D eigenvalue weighted by atomic mass is 31.1. The van der Waals surface area contributed by atoms with Gasteiger partial charge in [0.1, 0.15) is 0 Å². The van der Waals surface area contributed by atoms with Gasteiger partial charge in [0.2, 0.25) is 0 Å². The molecule has 353 valence electrons. The van der Waals surface area contributed by atoms with Gasteiger partial charge in [-0.2, -0.15) is 0 Å². The molecule has 0 nitrogen and oxygen atoms in total. The molecule has 119 radical (unpaired) electrons. The quantitative estimate of drug-likeness (QED) is 0.0421. The molecule has 0 heterocycles. The normalized spacial score (nSPS) is 9.92. The monoisotopic (exact) mass is 1310 g/mol. The SMILES string of the molecule is [B][B]B(B([B])[B])B(B(B([B])[B])B([B])[B])B(B(B([B])[B])B([B])[B])B(B(B(B(B([B])[B])B([B])[B])B(B([B])[B])B([B])[B])B(B(B([B])[B])B([B])[B])B(B([B])[B])B([B])[B])P(B(B(B(B([B])[B])B([B])[B])B(B([B])[B])B([B])[B])B(B(B([B])[B])B([B])[B])B(B([B])[B])B([B])[B])B(B(B(B([B])[B])B([B])[B])B(B([B])[B])B([B])[B])B(B(B([B])[B])B([B])[B])B(B([B])[B])B([B])[B]. The van der Waals surface area contributed by atoms with Gasteiger partial charge in [-0.25, -0.2) is 0 Å². The third-order valence-electron chi connectivity index (χ3n) is 24.5. The molecular weight excluding hydrogens is 1290 g/mol. The van der Waals surface area contributed by atoms with Gasteiger partial charge in [0, 0.05) is 802 Å². The predicted molar refractivity (Wildman–Crippen MR) is 674 cm³/mol. The predicted octanol–water partition coefficient (Wildman–Crippen LogP) is -43.3. The molecule has 0 fully saturated rings. The van der Waals surface area contributed by atoms with Crippen LogP contribution in [0.15, 0.2) is 0 Å². The van der Waals surface area contributed by atoms with Crippen molar-refractivity contribution in [2.24, 2.45) is 0 Å². The molecule has 0 aliphatic rings. The van der Waals surface area contributed by atoms with Crippen molar-refractivity contribution in [1.29, 1.82) is 0 Å². The molecule has 0 aliphatic carbocycles. The summed E-state index contributed by atoms with van der Waals surface area (Å²) in [5.41, 5.74) is 0. The zero-order valence-electron chi connectivity index (χ0n) is 67.4. The molecule has 117 heavy (non-hydrogen) atoms. The zero-order chi connectivity index (χ0) is 92.6. The summed E-state index contributed by atoms with van der Waals surface area (Å²) < 4.78 is 0. The topological polar surface area (TPSA) is 0 Å². The molecule has 117 heteroatoms. The summed E-state index contributed by atoms with van der Waals surface area (Å²) in [6.45, 7) is 0. The van der Waals surface area contributed by atoms with Gasteiger partial charge in [-0.05, 0) is 0 Å². The summed E-state index contributed by atoms with van der Waals surface area (Å²) in [5.74, 6) is 0. The lowest BCUT2D eigenvalue weighted by Crippen LogP contribution is -2.96. The fourth-order valence-electron chi connectivity index (χ4n) is 20.4. The Balaban J connectivity index is 16.3. The summed E-state index contributed by atoms with van der Waals surface area (Å²) in [6, 6.07) is 0. The van der Waals surface area contributed by atoms with Crippen molar-refractivity contribution in [3.8, 4) is 0 Å². The van der Waals surface area contributed by atoms with Gasteiger partial charge in [-0.15, -0.1) is 0 Å². The van der Waals surface area contributed by atoms with Crippen molar-refractivity contribution in [2.75, 3.05) is 0 Å². The van der Waals surface area contributed by atoms with E-state index in [0.29, 0.717) is 0 Å². The summed E-state index contributed by atoms with van der Waals surface area (Å²) in [6.07, 6.45) is -114. The van der Waals surface area contributed by atoms with Crippen molar-refractivity contribution in [1.82, 2.24) is 0 Å². The molecule has 0 rings (SSSR count). The molecule has 0 spiro atoms. The Bertz CT molecular complexity index is 2050. The van der Waals surface area contributed by atoms with Crippen molar-refractivity contribution >= 4 is 828 Å². The van der Waals surface area contributed by atoms with Gasteiger partial charge in [-0.1, -0.05) is 0 Å². The van der Waals surface area contributed by atoms with E-state index in [9.17, 15) is 0 Å². The van der Waals surface area contributed by atoms with Crippen LogP contribution < -0.4 is 0 Å². The smallest absolute Gasteiger partial charge is 0.0527 e. The van der Waals surface area contributed by atoms with Crippen LogP contribution in [0.5, 0.6) is 0 Å². The van der Waals surface area contributed by atoms with Crippen LogP contribution in [0, 0.1) is 0 Å².